The highest BCUT2D eigenvalue weighted by atomic mass is 35.5. The van der Waals surface area contributed by atoms with Gasteiger partial charge in [0.1, 0.15) is 5.82 Å². The lowest BCUT2D eigenvalue weighted by atomic mass is 10.4. The molecular formula is C11H11ClN2O. The minimum absolute atomic E-state index is 0.220. The second kappa shape index (κ2) is 5.98. The molecule has 0 aromatic carbocycles. The van der Waals surface area contributed by atoms with Gasteiger partial charge in [-0.25, -0.2) is 4.98 Å². The third-order valence-electron chi connectivity index (χ3n) is 1.53. The highest BCUT2D eigenvalue weighted by Gasteiger charge is 1.97. The first-order valence-corrected chi connectivity index (χ1v) is 4.82. The van der Waals surface area contributed by atoms with Crippen LogP contribution in [0.3, 0.4) is 0 Å². The van der Waals surface area contributed by atoms with Gasteiger partial charge in [0.05, 0.1) is 5.02 Å². The number of hydrogen-bond donors (Lipinski definition) is 1. The first-order chi connectivity index (χ1) is 7.22. The number of allylic oxidation sites excluding steroid dienone is 3. The van der Waals surface area contributed by atoms with Crippen LogP contribution in [0.1, 0.15) is 6.92 Å². The first-order valence-electron chi connectivity index (χ1n) is 4.44. The van der Waals surface area contributed by atoms with Gasteiger partial charge in [-0.05, 0) is 19.1 Å². The molecule has 0 saturated heterocycles. The molecule has 0 unspecified atom stereocenters. The normalized spacial score (nSPS) is 11.1. The number of pyridine rings is 1. The summed E-state index contributed by atoms with van der Waals surface area (Å²) in [5, 5.41) is 3.14. The molecule has 1 aromatic rings. The fourth-order valence-electron chi connectivity index (χ4n) is 0.872. The highest BCUT2D eigenvalue weighted by molar-refractivity contribution is 6.30. The Hall–Kier alpha value is -1.61. The maximum Gasteiger partial charge on any atom is 0.249 e. The average Bonchev–Trinajstić information content (AvgIpc) is 2.22. The molecule has 0 aliphatic rings. The van der Waals surface area contributed by atoms with Crippen LogP contribution in [0.25, 0.3) is 0 Å². The number of carbonyl (C=O) groups is 1. The van der Waals surface area contributed by atoms with Gasteiger partial charge in [-0.2, -0.15) is 0 Å². The van der Waals surface area contributed by atoms with Crippen molar-refractivity contribution in [2.24, 2.45) is 0 Å². The second-order valence-electron chi connectivity index (χ2n) is 2.74. The van der Waals surface area contributed by atoms with Crippen molar-refractivity contribution in [3.63, 3.8) is 0 Å². The lowest BCUT2D eigenvalue weighted by Crippen LogP contribution is -2.08. The number of nitrogens with one attached hydrogen (secondary N) is 1. The zero-order valence-electron chi connectivity index (χ0n) is 8.27. The number of amides is 1. The molecule has 1 N–H and O–H groups in total. The SMILES string of the molecule is C/C=C/C=C/C(=O)Nc1ccc(Cl)cn1. The van der Waals surface area contributed by atoms with Crippen molar-refractivity contribution in [2.45, 2.75) is 6.92 Å². The van der Waals surface area contributed by atoms with Crippen LogP contribution in [-0.4, -0.2) is 10.9 Å². The summed E-state index contributed by atoms with van der Waals surface area (Å²) < 4.78 is 0. The molecule has 0 atom stereocenters. The van der Waals surface area contributed by atoms with Crippen molar-refractivity contribution < 1.29 is 4.79 Å². The lowest BCUT2D eigenvalue weighted by molar-refractivity contribution is -0.111. The van der Waals surface area contributed by atoms with Gasteiger partial charge in [0.15, 0.2) is 0 Å². The summed E-state index contributed by atoms with van der Waals surface area (Å²) in [6.07, 6.45) is 8.17. The summed E-state index contributed by atoms with van der Waals surface area (Å²) >= 11 is 5.65. The van der Waals surface area contributed by atoms with Crippen molar-refractivity contribution in [3.8, 4) is 0 Å². The monoisotopic (exact) mass is 222 g/mol. The Labute approximate surface area is 93.5 Å². The molecule has 1 heterocycles. The molecule has 0 fully saturated rings. The fourth-order valence-corrected chi connectivity index (χ4v) is 0.984. The first kappa shape index (κ1) is 11.5. The Morgan fingerprint density at radius 2 is 2.27 bits per heavy atom. The quantitative estimate of drug-likeness (QED) is 0.631. The van der Waals surface area contributed by atoms with E-state index in [9.17, 15) is 4.79 Å². The fraction of sp³-hybridized carbons (Fsp3) is 0.0909. The molecule has 0 aliphatic carbocycles. The van der Waals surface area contributed by atoms with Crippen LogP contribution in [0, 0.1) is 0 Å². The van der Waals surface area contributed by atoms with Crippen molar-refractivity contribution in [1.82, 2.24) is 4.98 Å². The van der Waals surface area contributed by atoms with Crippen LogP contribution in [0.5, 0.6) is 0 Å². The van der Waals surface area contributed by atoms with Crippen molar-refractivity contribution >= 4 is 23.3 Å². The van der Waals surface area contributed by atoms with Crippen molar-refractivity contribution in [2.75, 3.05) is 5.32 Å². The van der Waals surface area contributed by atoms with Gasteiger partial charge in [0.2, 0.25) is 5.91 Å². The van der Waals surface area contributed by atoms with Gasteiger partial charge >= 0.3 is 0 Å². The van der Waals surface area contributed by atoms with Crippen LogP contribution in [0.15, 0.2) is 42.6 Å². The summed E-state index contributed by atoms with van der Waals surface area (Å²) in [7, 11) is 0. The van der Waals surface area contributed by atoms with Gasteiger partial charge in [0.25, 0.3) is 0 Å². The zero-order valence-corrected chi connectivity index (χ0v) is 9.03. The molecule has 78 valence electrons. The zero-order chi connectivity index (χ0) is 11.1. The minimum Gasteiger partial charge on any atom is -0.307 e. The molecule has 0 aliphatic heterocycles. The molecule has 15 heavy (non-hydrogen) atoms. The van der Waals surface area contributed by atoms with E-state index in [1.165, 1.54) is 12.3 Å². The van der Waals surface area contributed by atoms with E-state index in [0.29, 0.717) is 10.8 Å². The smallest absolute Gasteiger partial charge is 0.249 e. The van der Waals surface area contributed by atoms with E-state index in [-0.39, 0.29) is 5.91 Å². The summed E-state index contributed by atoms with van der Waals surface area (Å²) in [6.45, 7) is 1.88. The molecule has 4 heteroatoms. The lowest BCUT2D eigenvalue weighted by Gasteiger charge is -1.99. The minimum atomic E-state index is -0.220. The molecule has 1 rings (SSSR count). The molecule has 1 aromatic heterocycles. The Morgan fingerprint density at radius 3 is 2.87 bits per heavy atom. The van der Waals surface area contributed by atoms with Gasteiger partial charge < -0.3 is 5.32 Å². The highest BCUT2D eigenvalue weighted by Crippen LogP contribution is 2.09. The number of rotatable bonds is 3. The number of nitrogens with zero attached hydrogens (tertiary/aromatic N) is 1. The third kappa shape index (κ3) is 4.42. The van der Waals surface area contributed by atoms with Crippen LogP contribution >= 0.6 is 11.6 Å². The molecule has 0 radical (unpaired) electrons. The molecular weight excluding hydrogens is 212 g/mol. The van der Waals surface area contributed by atoms with E-state index in [1.54, 1.807) is 24.3 Å². The van der Waals surface area contributed by atoms with Gasteiger partial charge in [-0.3, -0.25) is 4.79 Å². The number of aromatic nitrogens is 1. The molecule has 0 spiro atoms. The van der Waals surface area contributed by atoms with Crippen LogP contribution in [-0.2, 0) is 4.79 Å². The number of anilines is 1. The topological polar surface area (TPSA) is 42.0 Å². The van der Waals surface area contributed by atoms with Crippen LogP contribution in [0.4, 0.5) is 5.82 Å². The van der Waals surface area contributed by atoms with E-state index in [0.717, 1.165) is 0 Å². The number of carbonyl (C=O) groups excluding carboxylic acids is 1. The van der Waals surface area contributed by atoms with E-state index >= 15 is 0 Å². The summed E-state index contributed by atoms with van der Waals surface area (Å²) in [5.41, 5.74) is 0. The molecule has 0 saturated carbocycles. The second-order valence-corrected chi connectivity index (χ2v) is 3.17. The van der Waals surface area contributed by atoms with Gasteiger partial charge in [-0.15, -0.1) is 0 Å². The Morgan fingerprint density at radius 1 is 1.47 bits per heavy atom. The largest absolute Gasteiger partial charge is 0.307 e. The predicted molar refractivity (Wildman–Crippen MR) is 61.8 cm³/mol. The maximum absolute atomic E-state index is 11.3. The van der Waals surface area contributed by atoms with Gasteiger partial charge in [0, 0.05) is 12.3 Å². The standard InChI is InChI=1S/C11H11ClN2O/c1-2-3-4-5-11(15)14-10-7-6-9(12)8-13-10/h2-8H,1H3,(H,13,14,15)/b3-2+,5-4+. The predicted octanol–water partition coefficient (Wildman–Crippen LogP) is 2.81. The Bertz CT molecular complexity index is 382. The van der Waals surface area contributed by atoms with Gasteiger partial charge in [-0.1, -0.05) is 29.8 Å². The molecule has 1 amide bonds. The van der Waals surface area contributed by atoms with Crippen LogP contribution < -0.4 is 5.32 Å². The molecule has 0 bridgehead atoms. The summed E-state index contributed by atoms with van der Waals surface area (Å²) in [6, 6.07) is 3.31. The average molecular weight is 223 g/mol. The van der Waals surface area contributed by atoms with E-state index in [1.807, 2.05) is 13.0 Å². The third-order valence-corrected chi connectivity index (χ3v) is 1.75. The van der Waals surface area contributed by atoms with Crippen molar-refractivity contribution in [1.29, 1.82) is 0 Å². The van der Waals surface area contributed by atoms with E-state index < -0.39 is 0 Å². The Balaban J connectivity index is 2.55. The maximum atomic E-state index is 11.3. The molecule has 3 nitrogen and oxygen atoms in total. The van der Waals surface area contributed by atoms with Crippen LogP contribution in [0.2, 0.25) is 5.02 Å². The Kier molecular flexibility index (Phi) is 4.57. The number of halogens is 1. The number of hydrogen-bond acceptors (Lipinski definition) is 2. The van der Waals surface area contributed by atoms with E-state index in [2.05, 4.69) is 10.3 Å². The summed E-state index contributed by atoms with van der Waals surface area (Å²) in [5.74, 6) is 0.262. The van der Waals surface area contributed by atoms with E-state index in [4.69, 9.17) is 11.6 Å². The van der Waals surface area contributed by atoms with Crippen molar-refractivity contribution in [3.05, 3.63) is 47.7 Å². The summed E-state index contributed by atoms with van der Waals surface area (Å²) in [4.78, 5) is 15.2.